The third-order valence-electron chi connectivity index (χ3n) is 7.52. The van der Waals surface area contributed by atoms with Crippen LogP contribution in [0.3, 0.4) is 0 Å². The first kappa shape index (κ1) is 32.9. The molecule has 45 heavy (non-hydrogen) atoms. The predicted octanol–water partition coefficient (Wildman–Crippen LogP) is 4.75. The van der Waals surface area contributed by atoms with Gasteiger partial charge in [-0.1, -0.05) is 30.3 Å². The largest absolute Gasteiger partial charge is 0.490 e. The number of piperidine rings is 1. The Labute approximate surface area is 261 Å². The number of nitrogens with two attached hydrogens (primary N) is 1. The minimum absolute atomic E-state index is 0.0345. The number of anilines is 1. The third-order valence-corrected chi connectivity index (χ3v) is 7.52. The molecule has 1 unspecified atom stereocenters. The molecule has 2 heterocycles. The van der Waals surface area contributed by atoms with Crippen molar-refractivity contribution in [3.05, 3.63) is 82.6 Å². The molecule has 2 aliphatic rings. The molecule has 0 saturated carbocycles. The number of hydrogen-bond donors (Lipinski definition) is 1. The van der Waals surface area contributed by atoms with E-state index in [-0.39, 0.29) is 52.7 Å². The molecular weight excluding hydrogens is 583 g/mol. The van der Waals surface area contributed by atoms with E-state index in [2.05, 4.69) is 6.07 Å². The maximum atomic E-state index is 15.5. The van der Waals surface area contributed by atoms with Gasteiger partial charge in [0.1, 0.15) is 17.1 Å². The first-order valence-corrected chi connectivity index (χ1v) is 14.5. The van der Waals surface area contributed by atoms with Crippen LogP contribution in [-0.2, 0) is 23.8 Å². The number of carbonyl (C=O) groups excluding carboxylic acids is 3. The number of esters is 2. The smallest absolute Gasteiger partial charge is 0.410 e. The Morgan fingerprint density at radius 3 is 2.22 bits per heavy atom. The molecule has 12 heteroatoms. The van der Waals surface area contributed by atoms with Crippen LogP contribution in [0, 0.1) is 23.1 Å². The van der Waals surface area contributed by atoms with Gasteiger partial charge in [0.2, 0.25) is 0 Å². The summed E-state index contributed by atoms with van der Waals surface area (Å²) in [6.07, 6.45) is 0.967. The zero-order valence-corrected chi connectivity index (χ0v) is 26.0. The number of allylic oxidation sites excluding steroid dienone is 1. The Balaban J connectivity index is 1.61. The van der Waals surface area contributed by atoms with Gasteiger partial charge in [-0.2, -0.15) is 5.26 Å². The number of halogens is 1. The van der Waals surface area contributed by atoms with E-state index in [1.54, 1.807) is 35.2 Å². The number of amides is 1. The van der Waals surface area contributed by atoms with Crippen molar-refractivity contribution >= 4 is 23.7 Å². The molecule has 0 radical (unpaired) electrons. The molecule has 0 bridgehead atoms. The lowest BCUT2D eigenvalue weighted by atomic mass is 9.81. The minimum atomic E-state index is -1.04. The highest BCUT2D eigenvalue weighted by molar-refractivity contribution is 6.06. The third kappa shape index (κ3) is 7.20. The van der Waals surface area contributed by atoms with Crippen LogP contribution in [0.25, 0.3) is 0 Å². The van der Waals surface area contributed by atoms with E-state index < -0.39 is 29.3 Å². The Kier molecular flexibility index (Phi) is 10.0. The zero-order valence-electron chi connectivity index (χ0n) is 26.0. The van der Waals surface area contributed by atoms with E-state index in [0.29, 0.717) is 31.5 Å². The summed E-state index contributed by atoms with van der Waals surface area (Å²) in [5.74, 6) is -3.73. The van der Waals surface area contributed by atoms with E-state index in [1.165, 1.54) is 12.1 Å². The number of nitrogens with zero attached hydrogens (tertiary/aromatic N) is 3. The first-order valence-electron chi connectivity index (χ1n) is 14.5. The number of hydrogen-bond acceptors (Lipinski definition) is 10. The molecule has 2 N–H and O–H groups in total. The lowest BCUT2D eigenvalue weighted by Crippen LogP contribution is -2.42. The fraction of sp³-hybridized carbons (Fsp3) is 0.394. The van der Waals surface area contributed by atoms with Gasteiger partial charge in [-0.25, -0.2) is 18.8 Å². The van der Waals surface area contributed by atoms with Gasteiger partial charge in [0, 0.05) is 19.2 Å². The van der Waals surface area contributed by atoms with Gasteiger partial charge in [-0.3, -0.25) is 4.90 Å². The van der Waals surface area contributed by atoms with Crippen LogP contribution in [-0.4, -0.2) is 62.4 Å². The molecular formula is C33H37FN4O7. The second-order valence-electron chi connectivity index (χ2n) is 11.7. The normalized spacial score (nSPS) is 17.5. The number of rotatable bonds is 7. The van der Waals surface area contributed by atoms with Crippen LogP contribution in [0.2, 0.25) is 0 Å². The van der Waals surface area contributed by atoms with Crippen molar-refractivity contribution in [2.45, 2.75) is 45.1 Å². The number of nitriles is 1. The average molecular weight is 621 g/mol. The van der Waals surface area contributed by atoms with E-state index in [0.717, 1.165) is 25.2 Å². The van der Waals surface area contributed by atoms with Crippen molar-refractivity contribution < 1.29 is 37.7 Å². The van der Waals surface area contributed by atoms with Crippen molar-refractivity contribution in [1.82, 2.24) is 4.90 Å². The number of carbonyl (C=O) groups is 3. The lowest BCUT2D eigenvalue weighted by Gasteiger charge is -2.36. The first-order chi connectivity index (χ1) is 21.4. The highest BCUT2D eigenvalue weighted by atomic mass is 19.1. The molecule has 1 saturated heterocycles. The standard InChI is InChI=1S/C33H37FN4O7/c1-33(2,3)45-32(41)37-15-13-20(14-16-37)19-44-25-12-11-22(17-24(25)34)38-28(31(40)43-5)27(30(39)42-4)26(23(18-35)29(38)36)21-9-7-6-8-10-21/h6-12,17,20,26H,13-16,19,36H2,1-5H3. The predicted molar refractivity (Wildman–Crippen MR) is 162 cm³/mol. The second kappa shape index (κ2) is 13.7. The van der Waals surface area contributed by atoms with Crippen LogP contribution in [0.5, 0.6) is 5.75 Å². The molecule has 0 spiro atoms. The number of methoxy groups -OCH3 is 2. The Bertz CT molecular complexity index is 1550. The van der Waals surface area contributed by atoms with Crippen molar-refractivity contribution in [2.75, 3.05) is 38.8 Å². The summed E-state index contributed by atoms with van der Waals surface area (Å²) in [7, 11) is 2.28. The molecule has 238 valence electrons. The molecule has 11 nitrogen and oxygen atoms in total. The summed E-state index contributed by atoms with van der Waals surface area (Å²) < 4.78 is 36.8. The van der Waals surface area contributed by atoms with Crippen LogP contribution < -0.4 is 15.4 Å². The number of benzene rings is 2. The Morgan fingerprint density at radius 1 is 1.02 bits per heavy atom. The van der Waals surface area contributed by atoms with Gasteiger partial charge in [-0.15, -0.1) is 0 Å². The minimum Gasteiger partial charge on any atom is -0.490 e. The summed E-state index contributed by atoms with van der Waals surface area (Å²) in [6, 6.07) is 14.6. The van der Waals surface area contributed by atoms with E-state index in [4.69, 9.17) is 24.7 Å². The number of ether oxygens (including phenoxy) is 4. The topological polar surface area (TPSA) is 144 Å². The quantitative estimate of drug-likeness (QED) is 0.340. The van der Waals surface area contributed by atoms with Crippen molar-refractivity contribution in [1.29, 1.82) is 5.26 Å². The van der Waals surface area contributed by atoms with Gasteiger partial charge >= 0.3 is 18.0 Å². The molecule has 1 fully saturated rings. The van der Waals surface area contributed by atoms with E-state index >= 15 is 4.39 Å². The summed E-state index contributed by atoms with van der Waals surface area (Å²) in [5.41, 5.74) is 5.97. The second-order valence-corrected chi connectivity index (χ2v) is 11.7. The zero-order chi connectivity index (χ0) is 32.9. The highest BCUT2D eigenvalue weighted by Gasteiger charge is 2.43. The number of likely N-dealkylation sites (tertiary alicyclic amines) is 1. The highest BCUT2D eigenvalue weighted by Crippen LogP contribution is 2.43. The van der Waals surface area contributed by atoms with Gasteiger partial charge in [-0.05, 0) is 57.2 Å². The van der Waals surface area contributed by atoms with Crippen LogP contribution in [0.15, 0.2) is 71.2 Å². The summed E-state index contributed by atoms with van der Waals surface area (Å²) in [4.78, 5) is 41.5. The monoisotopic (exact) mass is 620 g/mol. The van der Waals surface area contributed by atoms with E-state index in [9.17, 15) is 19.6 Å². The van der Waals surface area contributed by atoms with Crippen LogP contribution >= 0.6 is 0 Å². The average Bonchev–Trinajstić information content (AvgIpc) is 3.02. The lowest BCUT2D eigenvalue weighted by molar-refractivity contribution is -0.139. The van der Waals surface area contributed by atoms with Crippen molar-refractivity contribution in [2.24, 2.45) is 11.7 Å². The van der Waals surface area contributed by atoms with Crippen molar-refractivity contribution in [3.63, 3.8) is 0 Å². The SMILES string of the molecule is COC(=O)C1=C(C(=O)OC)N(c2ccc(OCC3CCN(C(=O)OC(C)(C)C)CC3)c(F)c2)C(N)=C(C#N)C1c1ccccc1. The molecule has 0 aromatic heterocycles. The van der Waals surface area contributed by atoms with E-state index in [1.807, 2.05) is 20.8 Å². The fourth-order valence-corrected chi connectivity index (χ4v) is 5.34. The summed E-state index contributed by atoms with van der Waals surface area (Å²) in [5, 5.41) is 10.2. The Hall–Kier alpha value is -5.05. The Morgan fingerprint density at radius 2 is 1.67 bits per heavy atom. The molecule has 1 atom stereocenters. The van der Waals surface area contributed by atoms with Crippen LogP contribution in [0.1, 0.15) is 45.1 Å². The molecule has 4 rings (SSSR count). The summed E-state index contributed by atoms with van der Waals surface area (Å²) in [6.45, 7) is 6.67. The molecule has 0 aliphatic carbocycles. The van der Waals surface area contributed by atoms with Gasteiger partial charge in [0.15, 0.2) is 11.6 Å². The molecule has 1 amide bonds. The van der Waals surface area contributed by atoms with Crippen molar-refractivity contribution in [3.8, 4) is 11.8 Å². The molecule has 2 aromatic rings. The van der Waals surface area contributed by atoms with Crippen LogP contribution in [0.4, 0.5) is 14.9 Å². The summed E-state index contributed by atoms with van der Waals surface area (Å²) >= 11 is 0. The maximum absolute atomic E-state index is 15.5. The molecule has 2 aliphatic heterocycles. The van der Waals surface area contributed by atoms with Gasteiger partial charge < -0.3 is 29.6 Å². The van der Waals surface area contributed by atoms with Gasteiger partial charge in [0.25, 0.3) is 0 Å². The fourth-order valence-electron chi connectivity index (χ4n) is 5.34. The maximum Gasteiger partial charge on any atom is 0.410 e. The molecule has 2 aromatic carbocycles. The van der Waals surface area contributed by atoms with Gasteiger partial charge in [0.05, 0.1) is 49.6 Å².